The summed E-state index contributed by atoms with van der Waals surface area (Å²) in [6.07, 6.45) is 2.55. The molecule has 2 heterocycles. The highest BCUT2D eigenvalue weighted by molar-refractivity contribution is 7.15. The van der Waals surface area contributed by atoms with Crippen molar-refractivity contribution in [3.05, 3.63) is 28.4 Å². The standard InChI is InChI=1S/C16H21N3S/c1-15(2)10-6-7-16(15,3)13-12(10)18-14(19-13)11-5-4-9(8-17)20-11/h4-5,10H,6-8,17H2,1-3H3,(H,18,19). The number of aromatic amines is 1. The first-order valence-electron chi connectivity index (χ1n) is 7.37. The van der Waals surface area contributed by atoms with Gasteiger partial charge in [-0.1, -0.05) is 20.8 Å². The quantitative estimate of drug-likeness (QED) is 0.883. The maximum Gasteiger partial charge on any atom is 0.147 e. The van der Waals surface area contributed by atoms with E-state index in [2.05, 4.69) is 37.9 Å². The molecule has 3 nitrogen and oxygen atoms in total. The van der Waals surface area contributed by atoms with Gasteiger partial charge in [0.2, 0.25) is 0 Å². The number of hydrogen-bond acceptors (Lipinski definition) is 3. The third kappa shape index (κ3) is 1.31. The van der Waals surface area contributed by atoms with Crippen molar-refractivity contribution in [2.45, 2.75) is 51.5 Å². The van der Waals surface area contributed by atoms with Crippen molar-refractivity contribution >= 4 is 11.3 Å². The average Bonchev–Trinajstić information content (AvgIpc) is 3.11. The van der Waals surface area contributed by atoms with Crippen LogP contribution in [0.25, 0.3) is 10.7 Å². The van der Waals surface area contributed by atoms with E-state index >= 15 is 0 Å². The minimum atomic E-state index is 0.232. The Morgan fingerprint density at radius 2 is 2.20 bits per heavy atom. The second-order valence-electron chi connectivity index (χ2n) is 6.96. The summed E-state index contributed by atoms with van der Waals surface area (Å²) in [4.78, 5) is 11.0. The molecule has 0 amide bonds. The molecule has 3 N–H and O–H groups in total. The molecule has 4 heteroatoms. The Hall–Kier alpha value is -1.13. The largest absolute Gasteiger partial charge is 0.341 e. The van der Waals surface area contributed by atoms with Crippen LogP contribution in [0, 0.1) is 5.41 Å². The van der Waals surface area contributed by atoms with Crippen LogP contribution in [-0.4, -0.2) is 9.97 Å². The zero-order valence-electron chi connectivity index (χ0n) is 12.3. The van der Waals surface area contributed by atoms with Gasteiger partial charge in [-0.3, -0.25) is 0 Å². The summed E-state index contributed by atoms with van der Waals surface area (Å²) in [5.41, 5.74) is 8.97. The maximum absolute atomic E-state index is 5.70. The fraction of sp³-hybridized carbons (Fsp3) is 0.562. The lowest BCUT2D eigenvalue weighted by molar-refractivity contribution is 0.226. The first kappa shape index (κ1) is 12.6. The van der Waals surface area contributed by atoms with Crippen LogP contribution < -0.4 is 5.73 Å². The molecule has 4 rings (SSSR count). The van der Waals surface area contributed by atoms with Crippen LogP contribution in [0.15, 0.2) is 12.1 Å². The number of aromatic nitrogens is 2. The van der Waals surface area contributed by atoms with Crippen molar-refractivity contribution in [3.8, 4) is 10.7 Å². The lowest BCUT2D eigenvalue weighted by Crippen LogP contribution is -2.31. The minimum absolute atomic E-state index is 0.232. The molecule has 2 bridgehead atoms. The smallest absolute Gasteiger partial charge is 0.147 e. The highest BCUT2D eigenvalue weighted by Crippen LogP contribution is 2.67. The SMILES string of the molecule is CC12CCC(c3[nH]c(-c4ccc(CN)s4)nc31)C2(C)C. The molecule has 2 aromatic rings. The van der Waals surface area contributed by atoms with Gasteiger partial charge in [0.05, 0.1) is 10.6 Å². The number of thiophene rings is 1. The molecule has 106 valence electrons. The molecule has 2 aromatic heterocycles. The van der Waals surface area contributed by atoms with Crippen LogP contribution in [0.4, 0.5) is 0 Å². The van der Waals surface area contributed by atoms with E-state index in [0.29, 0.717) is 17.9 Å². The van der Waals surface area contributed by atoms with E-state index in [1.165, 1.54) is 34.0 Å². The Morgan fingerprint density at radius 3 is 2.85 bits per heavy atom. The molecule has 0 aromatic carbocycles. The lowest BCUT2D eigenvalue weighted by Gasteiger charge is -2.34. The van der Waals surface area contributed by atoms with Crippen LogP contribution in [0.5, 0.6) is 0 Å². The summed E-state index contributed by atoms with van der Waals surface area (Å²) in [7, 11) is 0. The van der Waals surface area contributed by atoms with Gasteiger partial charge in [-0.2, -0.15) is 0 Å². The number of nitrogens with two attached hydrogens (primary N) is 1. The van der Waals surface area contributed by atoms with E-state index in [4.69, 9.17) is 10.7 Å². The van der Waals surface area contributed by atoms with Crippen LogP contribution >= 0.6 is 11.3 Å². The predicted molar refractivity (Wildman–Crippen MR) is 82.9 cm³/mol. The molecule has 2 aliphatic rings. The van der Waals surface area contributed by atoms with E-state index in [0.717, 1.165) is 5.82 Å². The van der Waals surface area contributed by atoms with Crippen molar-refractivity contribution in [2.75, 3.05) is 0 Å². The number of nitrogens with one attached hydrogen (secondary N) is 1. The average molecular weight is 287 g/mol. The number of H-pyrrole nitrogens is 1. The molecule has 0 aliphatic heterocycles. The van der Waals surface area contributed by atoms with Crippen molar-refractivity contribution in [1.29, 1.82) is 0 Å². The molecule has 0 radical (unpaired) electrons. The van der Waals surface area contributed by atoms with E-state index in [9.17, 15) is 0 Å². The summed E-state index contributed by atoms with van der Waals surface area (Å²) in [6.45, 7) is 7.80. The summed E-state index contributed by atoms with van der Waals surface area (Å²) >= 11 is 1.75. The first-order valence-corrected chi connectivity index (χ1v) is 8.18. The van der Waals surface area contributed by atoms with Crippen molar-refractivity contribution in [2.24, 2.45) is 11.1 Å². The summed E-state index contributed by atoms with van der Waals surface area (Å²) in [5, 5.41) is 0. The summed E-state index contributed by atoms with van der Waals surface area (Å²) in [6, 6.07) is 4.24. The minimum Gasteiger partial charge on any atom is -0.341 e. The Bertz CT molecular complexity index is 682. The Kier molecular flexibility index (Phi) is 2.36. The van der Waals surface area contributed by atoms with E-state index < -0.39 is 0 Å². The Balaban J connectivity index is 1.81. The summed E-state index contributed by atoms with van der Waals surface area (Å²) < 4.78 is 0. The zero-order valence-corrected chi connectivity index (χ0v) is 13.1. The topological polar surface area (TPSA) is 54.7 Å². The second-order valence-corrected chi connectivity index (χ2v) is 8.13. The van der Waals surface area contributed by atoms with Crippen molar-refractivity contribution in [1.82, 2.24) is 9.97 Å². The van der Waals surface area contributed by atoms with E-state index in [-0.39, 0.29) is 5.41 Å². The molecule has 2 unspecified atom stereocenters. The molecular weight excluding hydrogens is 266 g/mol. The van der Waals surface area contributed by atoms with Gasteiger partial charge >= 0.3 is 0 Å². The fourth-order valence-corrected chi connectivity index (χ4v) is 5.05. The van der Waals surface area contributed by atoms with Gasteiger partial charge in [-0.25, -0.2) is 4.98 Å². The Morgan fingerprint density at radius 1 is 1.40 bits per heavy atom. The summed E-state index contributed by atoms with van der Waals surface area (Å²) in [5.74, 6) is 1.67. The molecule has 0 saturated heterocycles. The number of imidazole rings is 1. The van der Waals surface area contributed by atoms with Crippen LogP contribution in [0.2, 0.25) is 0 Å². The predicted octanol–water partition coefficient (Wildman–Crippen LogP) is 3.77. The fourth-order valence-electron chi connectivity index (χ4n) is 4.22. The maximum atomic E-state index is 5.70. The highest BCUT2D eigenvalue weighted by Gasteiger charge is 2.61. The molecule has 2 aliphatic carbocycles. The van der Waals surface area contributed by atoms with Crippen LogP contribution in [0.3, 0.4) is 0 Å². The van der Waals surface area contributed by atoms with Gasteiger partial charge in [0.1, 0.15) is 5.82 Å². The van der Waals surface area contributed by atoms with Gasteiger partial charge in [0.25, 0.3) is 0 Å². The number of rotatable bonds is 2. The molecular formula is C16H21N3S. The van der Waals surface area contributed by atoms with E-state index in [1.54, 1.807) is 11.3 Å². The van der Waals surface area contributed by atoms with Crippen LogP contribution in [0.1, 0.15) is 55.8 Å². The molecule has 1 saturated carbocycles. The molecule has 20 heavy (non-hydrogen) atoms. The monoisotopic (exact) mass is 287 g/mol. The third-order valence-electron chi connectivity index (χ3n) is 5.93. The normalized spacial score (nSPS) is 29.9. The number of hydrogen-bond donors (Lipinski definition) is 2. The molecule has 2 atom stereocenters. The Labute approximate surface area is 123 Å². The number of fused-ring (bicyclic) bond motifs is 5. The highest BCUT2D eigenvalue weighted by atomic mass is 32.1. The van der Waals surface area contributed by atoms with E-state index in [1.807, 2.05) is 0 Å². The van der Waals surface area contributed by atoms with Crippen molar-refractivity contribution < 1.29 is 0 Å². The number of nitrogens with zero attached hydrogens (tertiary/aromatic N) is 1. The molecule has 0 spiro atoms. The zero-order chi connectivity index (χ0) is 14.1. The van der Waals surface area contributed by atoms with Gasteiger partial charge in [0.15, 0.2) is 0 Å². The second kappa shape index (κ2) is 3.74. The van der Waals surface area contributed by atoms with Gasteiger partial charge in [-0.15, -0.1) is 11.3 Å². The van der Waals surface area contributed by atoms with Gasteiger partial charge in [-0.05, 0) is 30.4 Å². The third-order valence-corrected chi connectivity index (χ3v) is 7.04. The molecule has 1 fully saturated rings. The van der Waals surface area contributed by atoms with Gasteiger partial charge < -0.3 is 10.7 Å². The van der Waals surface area contributed by atoms with Gasteiger partial charge in [0, 0.05) is 28.4 Å². The van der Waals surface area contributed by atoms with Crippen molar-refractivity contribution in [3.63, 3.8) is 0 Å². The van der Waals surface area contributed by atoms with Crippen LogP contribution in [-0.2, 0) is 12.0 Å². The first-order chi connectivity index (χ1) is 9.47. The lowest BCUT2D eigenvalue weighted by atomic mass is 9.70.